The van der Waals surface area contributed by atoms with E-state index in [1.54, 1.807) is 13.0 Å². The summed E-state index contributed by atoms with van der Waals surface area (Å²) in [4.78, 5) is 4.40. The van der Waals surface area contributed by atoms with Crippen molar-refractivity contribution in [3.63, 3.8) is 0 Å². The molecule has 0 saturated carbocycles. The van der Waals surface area contributed by atoms with Gasteiger partial charge in [-0.2, -0.15) is 4.73 Å². The maximum atomic E-state index is 12.5. The molecule has 0 fully saturated rings. The lowest BCUT2D eigenvalue weighted by Crippen LogP contribution is -2.37. The summed E-state index contributed by atoms with van der Waals surface area (Å²) in [7, 11) is 0. The van der Waals surface area contributed by atoms with Crippen LogP contribution >= 0.6 is 11.6 Å². The van der Waals surface area contributed by atoms with Crippen molar-refractivity contribution in [1.29, 1.82) is 0 Å². The molecule has 1 heterocycles. The normalized spacial score (nSPS) is 11.4. The van der Waals surface area contributed by atoms with Crippen molar-refractivity contribution in [3.8, 4) is 5.88 Å². The second-order valence-electron chi connectivity index (χ2n) is 6.06. The van der Waals surface area contributed by atoms with Crippen LogP contribution in [0.25, 0.3) is 0 Å². The third-order valence-electron chi connectivity index (χ3n) is 3.44. The molecule has 0 aliphatic carbocycles. The highest BCUT2D eigenvalue weighted by molar-refractivity contribution is 6.29. The zero-order chi connectivity index (χ0) is 18.2. The minimum atomic E-state index is -0.0689. The molecule has 0 saturated heterocycles. The monoisotopic (exact) mass is 362 g/mol. The highest BCUT2D eigenvalue weighted by Crippen LogP contribution is 2.22. The van der Waals surface area contributed by atoms with Crippen LogP contribution in [0.1, 0.15) is 37.7 Å². The summed E-state index contributed by atoms with van der Waals surface area (Å²) in [6, 6.07) is 9.84. The second kappa shape index (κ2) is 9.39. The fourth-order valence-corrected chi connectivity index (χ4v) is 2.49. The molecule has 1 aromatic heterocycles. The van der Waals surface area contributed by atoms with Crippen LogP contribution in [0.15, 0.2) is 42.7 Å². The predicted molar refractivity (Wildman–Crippen MR) is 97.1 cm³/mol. The average Bonchev–Trinajstić information content (AvgIpc) is 2.60. The smallest absolute Gasteiger partial charge is 0.350 e. The molecule has 0 bridgehead atoms. The SMILES string of the molecule is C/C=C\Oc1nc(COCc2ccccc2)c(CC(C)C)[n+]([O-])c1Cl. The fraction of sp³-hybridized carbons (Fsp3) is 0.368. The Morgan fingerprint density at radius 3 is 2.60 bits per heavy atom. The molecular weight excluding hydrogens is 340 g/mol. The molecule has 0 N–H and O–H groups in total. The van der Waals surface area contributed by atoms with Crippen LogP contribution in [-0.2, 0) is 24.4 Å². The molecule has 0 spiro atoms. The van der Waals surface area contributed by atoms with Gasteiger partial charge in [0.25, 0.3) is 0 Å². The Bertz CT molecular complexity index is 718. The summed E-state index contributed by atoms with van der Waals surface area (Å²) in [6.45, 7) is 6.52. The summed E-state index contributed by atoms with van der Waals surface area (Å²) in [5, 5.41) is 12.5. The Kier molecular flexibility index (Phi) is 7.22. The van der Waals surface area contributed by atoms with E-state index in [1.807, 2.05) is 44.2 Å². The number of aromatic nitrogens is 2. The maximum Gasteiger partial charge on any atom is 0.350 e. The topological polar surface area (TPSA) is 58.3 Å². The lowest BCUT2D eigenvalue weighted by atomic mass is 10.1. The summed E-state index contributed by atoms with van der Waals surface area (Å²) in [6.07, 6.45) is 3.69. The first-order valence-electron chi connectivity index (χ1n) is 8.23. The lowest BCUT2D eigenvalue weighted by Gasteiger charge is -2.14. The summed E-state index contributed by atoms with van der Waals surface area (Å²) in [5.41, 5.74) is 2.12. The predicted octanol–water partition coefficient (Wildman–Crippen LogP) is 4.20. The molecule has 0 radical (unpaired) electrons. The van der Waals surface area contributed by atoms with E-state index >= 15 is 0 Å². The van der Waals surface area contributed by atoms with E-state index in [1.165, 1.54) is 6.26 Å². The van der Waals surface area contributed by atoms with Gasteiger partial charge in [-0.25, -0.2) is 4.98 Å². The van der Waals surface area contributed by atoms with Crippen molar-refractivity contribution in [3.05, 3.63) is 70.0 Å². The minimum Gasteiger partial charge on any atom is -0.617 e. The van der Waals surface area contributed by atoms with Gasteiger partial charge in [0.1, 0.15) is 5.69 Å². The molecule has 2 rings (SSSR count). The maximum absolute atomic E-state index is 12.5. The number of hydrogen-bond donors (Lipinski definition) is 0. The second-order valence-corrected chi connectivity index (χ2v) is 6.42. The van der Waals surface area contributed by atoms with Crippen molar-refractivity contribution >= 4 is 11.6 Å². The number of benzene rings is 1. The zero-order valence-corrected chi connectivity index (χ0v) is 15.5. The van der Waals surface area contributed by atoms with Gasteiger partial charge in [-0.3, -0.25) is 0 Å². The van der Waals surface area contributed by atoms with Crippen molar-refractivity contribution in [2.24, 2.45) is 5.92 Å². The zero-order valence-electron chi connectivity index (χ0n) is 14.7. The first kappa shape index (κ1) is 19.2. The third kappa shape index (κ3) is 5.44. The van der Waals surface area contributed by atoms with Crippen molar-refractivity contribution in [2.75, 3.05) is 0 Å². The van der Waals surface area contributed by atoms with Crippen LogP contribution in [0.2, 0.25) is 5.15 Å². The van der Waals surface area contributed by atoms with Crippen LogP contribution in [0.3, 0.4) is 0 Å². The van der Waals surface area contributed by atoms with E-state index in [-0.39, 0.29) is 23.6 Å². The first-order chi connectivity index (χ1) is 12.0. The molecule has 6 heteroatoms. The highest BCUT2D eigenvalue weighted by Gasteiger charge is 2.24. The molecule has 0 amide bonds. The molecule has 25 heavy (non-hydrogen) atoms. The molecule has 0 unspecified atom stereocenters. The van der Waals surface area contributed by atoms with Crippen LogP contribution in [-0.4, -0.2) is 4.98 Å². The Labute approximate surface area is 153 Å². The van der Waals surface area contributed by atoms with Crippen molar-refractivity contribution in [1.82, 2.24) is 4.98 Å². The molecule has 2 aromatic rings. The number of ether oxygens (including phenoxy) is 2. The third-order valence-corrected chi connectivity index (χ3v) is 3.75. The van der Waals surface area contributed by atoms with E-state index in [4.69, 9.17) is 21.1 Å². The van der Waals surface area contributed by atoms with Gasteiger partial charge in [0.05, 0.1) is 19.5 Å². The Morgan fingerprint density at radius 1 is 1.24 bits per heavy atom. The minimum absolute atomic E-state index is 0.0689. The van der Waals surface area contributed by atoms with Crippen molar-refractivity contribution in [2.45, 2.75) is 40.4 Å². The molecule has 0 aliphatic heterocycles. The van der Waals surface area contributed by atoms with Crippen molar-refractivity contribution < 1.29 is 14.2 Å². The number of nitrogens with zero attached hydrogens (tertiary/aromatic N) is 2. The number of allylic oxidation sites excluding steroid dienone is 1. The molecule has 134 valence electrons. The Balaban J connectivity index is 2.23. The summed E-state index contributed by atoms with van der Waals surface area (Å²) >= 11 is 6.11. The van der Waals surface area contributed by atoms with Gasteiger partial charge in [0.15, 0.2) is 0 Å². The Hall–Kier alpha value is -2.11. The highest BCUT2D eigenvalue weighted by atomic mass is 35.5. The molecule has 1 aromatic carbocycles. The fourth-order valence-electron chi connectivity index (χ4n) is 2.31. The molecule has 0 atom stereocenters. The van der Waals surface area contributed by atoms with Crippen LogP contribution in [0, 0.1) is 11.1 Å². The van der Waals surface area contributed by atoms with Crippen LogP contribution in [0.5, 0.6) is 5.88 Å². The molecular formula is C19H23ClN2O3. The molecule has 5 nitrogen and oxygen atoms in total. The summed E-state index contributed by atoms with van der Waals surface area (Å²) < 4.78 is 11.8. The van der Waals surface area contributed by atoms with E-state index in [9.17, 15) is 5.21 Å². The van der Waals surface area contributed by atoms with Gasteiger partial charge < -0.3 is 14.7 Å². The van der Waals surface area contributed by atoms with E-state index in [0.717, 1.165) is 5.56 Å². The summed E-state index contributed by atoms with van der Waals surface area (Å²) in [5.74, 6) is 0.369. The van der Waals surface area contributed by atoms with Crippen LogP contribution < -0.4 is 9.47 Å². The quantitative estimate of drug-likeness (QED) is 0.401. The largest absolute Gasteiger partial charge is 0.617 e. The number of hydrogen-bond acceptors (Lipinski definition) is 4. The van der Waals surface area contributed by atoms with Gasteiger partial charge in [-0.1, -0.05) is 50.3 Å². The van der Waals surface area contributed by atoms with Gasteiger partial charge in [0.2, 0.25) is 5.69 Å². The average molecular weight is 363 g/mol. The number of halogens is 1. The van der Waals surface area contributed by atoms with E-state index in [2.05, 4.69) is 4.98 Å². The van der Waals surface area contributed by atoms with Crippen LogP contribution in [0.4, 0.5) is 0 Å². The van der Waals surface area contributed by atoms with Gasteiger partial charge in [-0.15, -0.1) is 0 Å². The van der Waals surface area contributed by atoms with Gasteiger partial charge in [-0.05, 0) is 30.0 Å². The van der Waals surface area contributed by atoms with Gasteiger partial charge in [0, 0.05) is 6.42 Å². The lowest BCUT2D eigenvalue weighted by molar-refractivity contribution is -0.613. The Morgan fingerprint density at radius 2 is 1.96 bits per heavy atom. The molecule has 0 aliphatic rings. The standard InChI is InChI=1S/C19H23ClN2O3/c1-4-10-25-19-18(20)22(23)17(11-14(2)3)16(21-19)13-24-12-15-8-6-5-7-9-15/h4-10,14H,11-13H2,1-3H3/b10-4-. The van der Waals surface area contributed by atoms with E-state index in [0.29, 0.717) is 29.1 Å². The van der Waals surface area contributed by atoms with E-state index < -0.39 is 0 Å². The van der Waals surface area contributed by atoms with Gasteiger partial charge >= 0.3 is 11.0 Å². The first-order valence-corrected chi connectivity index (χ1v) is 8.61. The number of rotatable bonds is 8.